The standard InChI is InChI=1S/C17H22N4O3/c1-4-9-21-17(24)13-8-6-5-7-12(13)15(20-21)16(23)19-18-14(22)10-11(2)3/h5-8,11H,4,9-10H2,1-3H3,(H,18,22)(H,19,23). The van der Waals surface area contributed by atoms with E-state index >= 15 is 0 Å². The molecule has 0 radical (unpaired) electrons. The summed E-state index contributed by atoms with van der Waals surface area (Å²) in [5.74, 6) is -0.634. The average Bonchev–Trinajstić information content (AvgIpc) is 2.55. The van der Waals surface area contributed by atoms with E-state index in [1.807, 2.05) is 20.8 Å². The molecule has 0 aliphatic carbocycles. The first kappa shape index (κ1) is 17.7. The van der Waals surface area contributed by atoms with Crippen molar-refractivity contribution in [2.45, 2.75) is 40.2 Å². The maximum atomic E-state index is 12.4. The number of rotatable bonds is 5. The smallest absolute Gasteiger partial charge is 0.273 e. The lowest BCUT2D eigenvalue weighted by Gasteiger charge is -2.12. The van der Waals surface area contributed by atoms with Gasteiger partial charge in [-0.05, 0) is 18.4 Å². The van der Waals surface area contributed by atoms with E-state index in [-0.39, 0.29) is 23.1 Å². The number of hydrogen-bond acceptors (Lipinski definition) is 4. The molecule has 2 rings (SSSR count). The monoisotopic (exact) mass is 330 g/mol. The van der Waals surface area contributed by atoms with Crippen molar-refractivity contribution in [1.82, 2.24) is 20.6 Å². The fraction of sp³-hybridized carbons (Fsp3) is 0.412. The second-order valence-corrected chi connectivity index (χ2v) is 6.02. The predicted molar refractivity (Wildman–Crippen MR) is 91.4 cm³/mol. The van der Waals surface area contributed by atoms with Gasteiger partial charge >= 0.3 is 0 Å². The highest BCUT2D eigenvalue weighted by molar-refractivity contribution is 6.05. The highest BCUT2D eigenvalue weighted by Crippen LogP contribution is 2.13. The molecular formula is C17H22N4O3. The lowest BCUT2D eigenvalue weighted by atomic mass is 10.1. The Balaban J connectivity index is 2.33. The zero-order chi connectivity index (χ0) is 17.7. The summed E-state index contributed by atoms with van der Waals surface area (Å²) in [6.07, 6.45) is 1.03. The molecule has 1 heterocycles. The number of carbonyl (C=O) groups is 2. The van der Waals surface area contributed by atoms with Crippen LogP contribution in [-0.2, 0) is 11.3 Å². The van der Waals surface area contributed by atoms with Crippen LogP contribution in [0.1, 0.15) is 44.1 Å². The SMILES string of the molecule is CCCn1nc(C(=O)NNC(=O)CC(C)C)c2ccccc2c1=O. The molecule has 0 saturated carbocycles. The summed E-state index contributed by atoms with van der Waals surface area (Å²) in [4.78, 5) is 36.5. The Morgan fingerprint density at radius 2 is 1.83 bits per heavy atom. The molecule has 1 aromatic heterocycles. The molecule has 128 valence electrons. The van der Waals surface area contributed by atoms with E-state index in [1.165, 1.54) is 4.68 Å². The molecule has 1 aromatic carbocycles. The first-order chi connectivity index (χ1) is 11.4. The Bertz CT molecular complexity index is 811. The van der Waals surface area contributed by atoms with Crippen LogP contribution in [0.4, 0.5) is 0 Å². The molecule has 0 atom stereocenters. The molecule has 2 aromatic rings. The van der Waals surface area contributed by atoms with E-state index in [9.17, 15) is 14.4 Å². The van der Waals surface area contributed by atoms with Gasteiger partial charge in [0.1, 0.15) is 0 Å². The van der Waals surface area contributed by atoms with Crippen molar-refractivity contribution in [2.24, 2.45) is 5.92 Å². The van der Waals surface area contributed by atoms with Crippen LogP contribution in [0.3, 0.4) is 0 Å². The van der Waals surface area contributed by atoms with E-state index < -0.39 is 5.91 Å². The van der Waals surface area contributed by atoms with Gasteiger partial charge in [0.2, 0.25) is 5.91 Å². The Morgan fingerprint density at radius 1 is 1.17 bits per heavy atom. The minimum absolute atomic E-state index is 0.114. The van der Waals surface area contributed by atoms with Crippen molar-refractivity contribution in [3.8, 4) is 0 Å². The van der Waals surface area contributed by atoms with Crippen LogP contribution in [0.2, 0.25) is 0 Å². The fourth-order valence-corrected chi connectivity index (χ4v) is 2.37. The van der Waals surface area contributed by atoms with Gasteiger partial charge in [-0.25, -0.2) is 4.68 Å². The number of hydrogen-bond donors (Lipinski definition) is 2. The summed E-state index contributed by atoms with van der Waals surface area (Å²) in [5, 5.41) is 5.06. The van der Waals surface area contributed by atoms with E-state index in [2.05, 4.69) is 16.0 Å². The molecular weight excluding hydrogens is 308 g/mol. The van der Waals surface area contributed by atoms with Crippen LogP contribution >= 0.6 is 0 Å². The van der Waals surface area contributed by atoms with Crippen molar-refractivity contribution in [3.05, 3.63) is 40.3 Å². The summed E-state index contributed by atoms with van der Waals surface area (Å²) in [6, 6.07) is 6.82. The molecule has 0 saturated heterocycles. The Kier molecular flexibility index (Phi) is 5.68. The maximum Gasteiger partial charge on any atom is 0.290 e. The molecule has 0 aliphatic heterocycles. The van der Waals surface area contributed by atoms with E-state index in [4.69, 9.17) is 0 Å². The van der Waals surface area contributed by atoms with E-state index in [0.717, 1.165) is 6.42 Å². The van der Waals surface area contributed by atoms with Gasteiger partial charge in [-0.3, -0.25) is 25.2 Å². The van der Waals surface area contributed by atoms with Crippen molar-refractivity contribution >= 4 is 22.6 Å². The molecule has 0 fully saturated rings. The summed E-state index contributed by atoms with van der Waals surface area (Å²) in [7, 11) is 0. The number of benzene rings is 1. The van der Waals surface area contributed by atoms with E-state index in [0.29, 0.717) is 23.7 Å². The number of nitrogens with zero attached hydrogens (tertiary/aromatic N) is 2. The fourth-order valence-electron chi connectivity index (χ4n) is 2.37. The number of aryl methyl sites for hydroxylation is 1. The van der Waals surface area contributed by atoms with Crippen LogP contribution < -0.4 is 16.4 Å². The quantitative estimate of drug-likeness (QED) is 0.815. The lowest BCUT2D eigenvalue weighted by molar-refractivity contribution is -0.122. The van der Waals surface area contributed by atoms with Crippen molar-refractivity contribution in [3.63, 3.8) is 0 Å². The third-order valence-electron chi connectivity index (χ3n) is 3.43. The summed E-state index contributed by atoms with van der Waals surface area (Å²) in [6.45, 7) is 6.17. The third kappa shape index (κ3) is 3.98. The van der Waals surface area contributed by atoms with Gasteiger partial charge in [0.15, 0.2) is 5.69 Å². The molecule has 7 heteroatoms. The first-order valence-electron chi connectivity index (χ1n) is 8.03. The topological polar surface area (TPSA) is 93.1 Å². The van der Waals surface area contributed by atoms with Gasteiger partial charge in [0.05, 0.1) is 5.39 Å². The number of hydrazine groups is 1. The molecule has 0 unspecified atom stereocenters. The predicted octanol–water partition coefficient (Wildman–Crippen LogP) is 1.61. The molecule has 2 amide bonds. The van der Waals surface area contributed by atoms with Crippen LogP contribution in [0, 0.1) is 5.92 Å². The largest absolute Gasteiger partial charge is 0.290 e. The molecule has 2 N–H and O–H groups in total. The Hall–Kier alpha value is -2.70. The van der Waals surface area contributed by atoms with Gasteiger partial charge in [-0.15, -0.1) is 0 Å². The lowest BCUT2D eigenvalue weighted by Crippen LogP contribution is -2.43. The zero-order valence-electron chi connectivity index (χ0n) is 14.1. The molecule has 0 aliphatic rings. The van der Waals surface area contributed by atoms with Crippen LogP contribution in [0.25, 0.3) is 10.8 Å². The third-order valence-corrected chi connectivity index (χ3v) is 3.43. The number of carbonyl (C=O) groups excluding carboxylic acids is 2. The molecule has 0 spiro atoms. The summed E-state index contributed by atoms with van der Waals surface area (Å²) in [5.41, 5.74) is 4.63. The van der Waals surface area contributed by atoms with Crippen LogP contribution in [0.5, 0.6) is 0 Å². The molecule has 7 nitrogen and oxygen atoms in total. The van der Waals surface area contributed by atoms with Crippen molar-refractivity contribution in [1.29, 1.82) is 0 Å². The van der Waals surface area contributed by atoms with Gasteiger partial charge in [0, 0.05) is 18.4 Å². The molecule has 0 bridgehead atoms. The van der Waals surface area contributed by atoms with E-state index in [1.54, 1.807) is 24.3 Å². The minimum Gasteiger partial charge on any atom is -0.273 e. The number of nitrogens with one attached hydrogen (secondary N) is 2. The van der Waals surface area contributed by atoms with Crippen molar-refractivity contribution < 1.29 is 9.59 Å². The highest BCUT2D eigenvalue weighted by Gasteiger charge is 2.17. The number of amides is 2. The second-order valence-electron chi connectivity index (χ2n) is 6.02. The van der Waals surface area contributed by atoms with Crippen LogP contribution in [0.15, 0.2) is 29.1 Å². The normalized spacial score (nSPS) is 10.8. The average molecular weight is 330 g/mol. The maximum absolute atomic E-state index is 12.4. The van der Waals surface area contributed by atoms with Gasteiger partial charge < -0.3 is 0 Å². The number of aromatic nitrogens is 2. The van der Waals surface area contributed by atoms with Gasteiger partial charge in [0.25, 0.3) is 11.5 Å². The Morgan fingerprint density at radius 3 is 2.46 bits per heavy atom. The molecule has 24 heavy (non-hydrogen) atoms. The Labute approximate surface area is 140 Å². The van der Waals surface area contributed by atoms with Crippen molar-refractivity contribution in [2.75, 3.05) is 0 Å². The van der Waals surface area contributed by atoms with Gasteiger partial charge in [-0.1, -0.05) is 39.0 Å². The zero-order valence-corrected chi connectivity index (χ0v) is 14.1. The minimum atomic E-state index is -0.548. The summed E-state index contributed by atoms with van der Waals surface area (Å²) >= 11 is 0. The highest BCUT2D eigenvalue weighted by atomic mass is 16.2. The van der Waals surface area contributed by atoms with Crippen LogP contribution in [-0.4, -0.2) is 21.6 Å². The first-order valence-corrected chi connectivity index (χ1v) is 8.03. The number of fused-ring (bicyclic) bond motifs is 1. The second kappa shape index (κ2) is 7.72. The van der Waals surface area contributed by atoms with Gasteiger partial charge in [-0.2, -0.15) is 5.10 Å². The summed E-state index contributed by atoms with van der Waals surface area (Å²) < 4.78 is 1.28.